The SMILES string of the molecule is O=C(N[C@@H]1C[C@@H](C(=O)NC2CCC2)CC[C@H]1O)c1ccccc1OC(F)F. The number of carbonyl (C=O) groups excluding carboxylic acids is 2. The minimum absolute atomic E-state index is 0.0361. The highest BCUT2D eigenvalue weighted by atomic mass is 19.3. The Morgan fingerprint density at radius 2 is 1.85 bits per heavy atom. The molecule has 0 aromatic heterocycles. The molecule has 0 radical (unpaired) electrons. The highest BCUT2D eigenvalue weighted by molar-refractivity contribution is 5.97. The highest BCUT2D eigenvalue weighted by Gasteiger charge is 2.35. The molecule has 0 saturated heterocycles. The van der Waals surface area contributed by atoms with Crippen molar-refractivity contribution in [3.8, 4) is 5.75 Å². The summed E-state index contributed by atoms with van der Waals surface area (Å²) in [5, 5.41) is 15.9. The summed E-state index contributed by atoms with van der Waals surface area (Å²) in [4.78, 5) is 24.9. The van der Waals surface area contributed by atoms with E-state index in [1.807, 2.05) is 0 Å². The van der Waals surface area contributed by atoms with Gasteiger partial charge in [-0.25, -0.2) is 0 Å². The van der Waals surface area contributed by atoms with Crippen molar-refractivity contribution in [3.63, 3.8) is 0 Å². The minimum Gasteiger partial charge on any atom is -0.434 e. The van der Waals surface area contributed by atoms with Gasteiger partial charge < -0.3 is 20.5 Å². The van der Waals surface area contributed by atoms with E-state index in [1.54, 1.807) is 6.07 Å². The van der Waals surface area contributed by atoms with E-state index in [2.05, 4.69) is 15.4 Å². The molecule has 1 aromatic rings. The zero-order valence-electron chi connectivity index (χ0n) is 14.9. The number of amides is 2. The maximum absolute atomic E-state index is 12.5. The van der Waals surface area contributed by atoms with Crippen molar-refractivity contribution in [2.75, 3.05) is 0 Å². The molecule has 0 heterocycles. The third kappa shape index (κ3) is 4.94. The fourth-order valence-electron chi connectivity index (χ4n) is 3.52. The Morgan fingerprint density at radius 3 is 2.52 bits per heavy atom. The van der Waals surface area contributed by atoms with Gasteiger partial charge in [-0.15, -0.1) is 0 Å². The molecule has 2 fully saturated rings. The number of halogens is 2. The normalized spacial score (nSPS) is 25.6. The molecule has 2 aliphatic rings. The van der Waals surface area contributed by atoms with Crippen molar-refractivity contribution >= 4 is 11.8 Å². The molecule has 3 atom stereocenters. The third-order valence-corrected chi connectivity index (χ3v) is 5.30. The molecule has 1 aromatic carbocycles. The second-order valence-electron chi connectivity index (χ2n) is 7.17. The second-order valence-corrected chi connectivity index (χ2v) is 7.17. The minimum atomic E-state index is -3.04. The first-order valence-corrected chi connectivity index (χ1v) is 9.27. The Labute approximate surface area is 156 Å². The van der Waals surface area contributed by atoms with E-state index in [9.17, 15) is 23.5 Å². The van der Waals surface area contributed by atoms with E-state index >= 15 is 0 Å². The summed E-state index contributed by atoms with van der Waals surface area (Å²) in [6, 6.07) is 5.30. The van der Waals surface area contributed by atoms with E-state index < -0.39 is 24.7 Å². The average molecular weight is 382 g/mol. The summed E-state index contributed by atoms with van der Waals surface area (Å²) in [6.45, 7) is -3.04. The van der Waals surface area contributed by atoms with Crippen LogP contribution in [0.5, 0.6) is 5.75 Å². The van der Waals surface area contributed by atoms with Crippen LogP contribution >= 0.6 is 0 Å². The summed E-state index contributed by atoms with van der Waals surface area (Å²) in [6.07, 6.45) is 3.56. The number of aliphatic hydroxyl groups excluding tert-OH is 1. The van der Waals surface area contributed by atoms with Crippen LogP contribution < -0.4 is 15.4 Å². The Balaban J connectivity index is 1.63. The molecule has 3 N–H and O–H groups in total. The molecule has 0 bridgehead atoms. The number of hydrogen-bond acceptors (Lipinski definition) is 4. The van der Waals surface area contributed by atoms with Crippen LogP contribution in [0.15, 0.2) is 24.3 Å². The molecular weight excluding hydrogens is 358 g/mol. The van der Waals surface area contributed by atoms with Gasteiger partial charge in [-0.2, -0.15) is 8.78 Å². The van der Waals surface area contributed by atoms with Gasteiger partial charge >= 0.3 is 6.61 Å². The third-order valence-electron chi connectivity index (χ3n) is 5.30. The number of nitrogens with one attached hydrogen (secondary N) is 2. The van der Waals surface area contributed by atoms with Crippen molar-refractivity contribution in [2.24, 2.45) is 5.92 Å². The van der Waals surface area contributed by atoms with Crippen LogP contribution in [0.25, 0.3) is 0 Å². The van der Waals surface area contributed by atoms with E-state index in [0.29, 0.717) is 19.3 Å². The van der Waals surface area contributed by atoms with Crippen molar-refractivity contribution in [1.82, 2.24) is 10.6 Å². The lowest BCUT2D eigenvalue weighted by Gasteiger charge is -2.35. The fraction of sp³-hybridized carbons (Fsp3) is 0.579. The van der Waals surface area contributed by atoms with Crippen LogP contribution in [-0.4, -0.2) is 41.7 Å². The van der Waals surface area contributed by atoms with Crippen LogP contribution in [0.1, 0.15) is 48.9 Å². The first-order valence-electron chi connectivity index (χ1n) is 9.27. The lowest BCUT2D eigenvalue weighted by molar-refractivity contribution is -0.128. The van der Waals surface area contributed by atoms with Gasteiger partial charge in [0, 0.05) is 12.0 Å². The maximum Gasteiger partial charge on any atom is 0.387 e. The zero-order valence-corrected chi connectivity index (χ0v) is 14.9. The van der Waals surface area contributed by atoms with E-state index in [0.717, 1.165) is 19.3 Å². The summed E-state index contributed by atoms with van der Waals surface area (Å²) in [5.74, 6) is -1.18. The maximum atomic E-state index is 12.5. The van der Waals surface area contributed by atoms with Gasteiger partial charge in [-0.1, -0.05) is 12.1 Å². The number of benzene rings is 1. The molecule has 6 nitrogen and oxygen atoms in total. The lowest BCUT2D eigenvalue weighted by Crippen LogP contribution is -2.51. The van der Waals surface area contributed by atoms with Gasteiger partial charge in [-0.05, 0) is 50.7 Å². The molecule has 0 spiro atoms. The fourth-order valence-corrected chi connectivity index (χ4v) is 3.52. The van der Waals surface area contributed by atoms with Crippen molar-refractivity contribution < 1.29 is 28.2 Å². The van der Waals surface area contributed by atoms with Crippen molar-refractivity contribution in [3.05, 3.63) is 29.8 Å². The Kier molecular flexibility index (Phi) is 6.26. The monoisotopic (exact) mass is 382 g/mol. The smallest absolute Gasteiger partial charge is 0.387 e. The number of rotatable bonds is 6. The first-order chi connectivity index (χ1) is 12.9. The van der Waals surface area contributed by atoms with E-state index in [-0.39, 0.29) is 29.2 Å². The summed E-state index contributed by atoms with van der Waals surface area (Å²) < 4.78 is 29.4. The highest BCUT2D eigenvalue weighted by Crippen LogP contribution is 2.28. The number of carbonyl (C=O) groups is 2. The van der Waals surface area contributed by atoms with Crippen LogP contribution in [0.4, 0.5) is 8.78 Å². The average Bonchev–Trinajstić information content (AvgIpc) is 2.59. The van der Waals surface area contributed by atoms with Gasteiger partial charge in [0.25, 0.3) is 5.91 Å². The zero-order chi connectivity index (χ0) is 19.4. The second kappa shape index (κ2) is 8.65. The number of para-hydroxylation sites is 1. The van der Waals surface area contributed by atoms with Gasteiger partial charge in [0.15, 0.2) is 0 Å². The topological polar surface area (TPSA) is 87.7 Å². The molecule has 2 saturated carbocycles. The molecule has 3 rings (SSSR count). The molecular formula is C19H24F2N2O4. The summed E-state index contributed by atoms with van der Waals surface area (Å²) in [5.41, 5.74) is -0.0361. The molecule has 8 heteroatoms. The molecule has 0 unspecified atom stereocenters. The van der Waals surface area contributed by atoms with E-state index in [1.165, 1.54) is 18.2 Å². The summed E-state index contributed by atoms with van der Waals surface area (Å²) >= 11 is 0. The molecule has 2 aliphatic carbocycles. The Hall–Kier alpha value is -2.22. The Bertz CT molecular complexity index is 681. The lowest BCUT2D eigenvalue weighted by atomic mass is 9.82. The standard InChI is InChI=1S/C19H24F2N2O4/c20-19(21)27-16-7-2-1-6-13(16)18(26)23-14-10-11(8-9-15(14)24)17(25)22-12-4-3-5-12/h1-2,6-7,11-12,14-15,19,24H,3-5,8-10H2,(H,22,25)(H,23,26)/t11-,14+,15+/m0/s1. The largest absolute Gasteiger partial charge is 0.434 e. The van der Waals surface area contributed by atoms with Gasteiger partial charge in [0.1, 0.15) is 5.75 Å². The quantitative estimate of drug-likeness (QED) is 0.704. The van der Waals surface area contributed by atoms with Crippen LogP contribution in [0.3, 0.4) is 0 Å². The number of aliphatic hydroxyl groups is 1. The van der Waals surface area contributed by atoms with Crippen LogP contribution in [0, 0.1) is 5.92 Å². The summed E-state index contributed by atoms with van der Waals surface area (Å²) in [7, 11) is 0. The molecule has 27 heavy (non-hydrogen) atoms. The predicted molar refractivity (Wildman–Crippen MR) is 93.5 cm³/mol. The Morgan fingerprint density at radius 1 is 1.11 bits per heavy atom. The van der Waals surface area contributed by atoms with Gasteiger partial charge in [0.2, 0.25) is 5.91 Å². The molecule has 148 valence electrons. The van der Waals surface area contributed by atoms with Gasteiger partial charge in [0.05, 0.1) is 17.7 Å². The molecule has 0 aliphatic heterocycles. The molecule has 2 amide bonds. The van der Waals surface area contributed by atoms with Crippen LogP contribution in [0.2, 0.25) is 0 Å². The number of hydrogen-bond donors (Lipinski definition) is 3. The predicted octanol–water partition coefficient (Wildman–Crippen LogP) is 2.22. The van der Waals surface area contributed by atoms with Crippen LogP contribution in [-0.2, 0) is 4.79 Å². The van der Waals surface area contributed by atoms with Crippen molar-refractivity contribution in [1.29, 1.82) is 0 Å². The number of ether oxygens (including phenoxy) is 1. The van der Waals surface area contributed by atoms with Crippen molar-refractivity contribution in [2.45, 2.75) is 63.3 Å². The number of alkyl halides is 2. The first kappa shape index (κ1) is 19.5. The van der Waals surface area contributed by atoms with E-state index in [4.69, 9.17) is 0 Å². The van der Waals surface area contributed by atoms with Gasteiger partial charge in [-0.3, -0.25) is 9.59 Å².